The second-order valence-electron chi connectivity index (χ2n) is 11.8. The average molecular weight is 620 g/mol. The minimum Gasteiger partial charge on any atom is -0.494 e. The third kappa shape index (κ3) is 6.18. The van der Waals surface area contributed by atoms with Crippen LogP contribution in [0.1, 0.15) is 53.5 Å². The van der Waals surface area contributed by atoms with Gasteiger partial charge < -0.3 is 30.2 Å². The van der Waals surface area contributed by atoms with Gasteiger partial charge in [-0.2, -0.15) is 0 Å². The number of methoxy groups -OCH3 is 1. The number of allylic oxidation sites excluding steroid dienone is 5. The zero-order valence-electron chi connectivity index (χ0n) is 25.0. The Morgan fingerprint density at radius 3 is 2.91 bits per heavy atom. The monoisotopic (exact) mass is 619 g/mol. The Morgan fingerprint density at radius 1 is 1.39 bits per heavy atom. The van der Waals surface area contributed by atoms with Crippen LogP contribution in [0.2, 0.25) is 0 Å². The number of amides is 1. The average Bonchev–Trinajstić information content (AvgIpc) is 3.33. The van der Waals surface area contributed by atoms with Crippen LogP contribution in [0.4, 0.5) is 4.39 Å². The van der Waals surface area contributed by atoms with Gasteiger partial charge in [0.25, 0.3) is 5.91 Å². The Balaban J connectivity index is 1.54. The molecule has 2 unspecified atom stereocenters. The number of halogens is 2. The third-order valence-electron chi connectivity index (χ3n) is 7.91. The maximum atomic E-state index is 14.1. The first-order chi connectivity index (χ1) is 21.0. The molecule has 0 spiro atoms. The van der Waals surface area contributed by atoms with Gasteiger partial charge in [-0.15, -0.1) is 0 Å². The molecule has 0 radical (unpaired) electrons. The molecule has 0 saturated carbocycles. The first kappa shape index (κ1) is 31.2. The normalized spacial score (nSPS) is 18.6. The quantitative estimate of drug-likeness (QED) is 0.257. The molecule has 3 heterocycles. The molecule has 3 aromatic rings. The van der Waals surface area contributed by atoms with Crippen molar-refractivity contribution in [2.75, 3.05) is 33.9 Å². The summed E-state index contributed by atoms with van der Waals surface area (Å²) in [6.45, 7) is 4.33. The van der Waals surface area contributed by atoms with Crippen LogP contribution in [0.5, 0.6) is 11.5 Å². The Labute approximate surface area is 260 Å². The van der Waals surface area contributed by atoms with Crippen molar-refractivity contribution in [2.24, 2.45) is 0 Å². The standard InChI is InChI=1S/C33H35ClFN5O4/c1-32(2)19-44-30-23(32)16-27(39-29(30)21-8-9-25(35)24(34)14-21)33(42,18-40(3)12-6-10-36)17-38-31(41)22-13-20-7-5-11-37-28(20)26(15-22)43-4/h5-13,15-16,21,36,42H,14,17-19H2,1-4H3,(H,38,41). The molecule has 1 aromatic carbocycles. The molecule has 0 saturated heterocycles. The first-order valence-corrected chi connectivity index (χ1v) is 14.6. The molecule has 11 heteroatoms. The number of carbonyl (C=O) groups excluding carboxylic acids is 1. The molecule has 3 N–H and O–H groups in total. The van der Waals surface area contributed by atoms with Crippen LogP contribution < -0.4 is 14.8 Å². The van der Waals surface area contributed by atoms with Crippen molar-refractivity contribution >= 4 is 34.6 Å². The van der Waals surface area contributed by atoms with Crippen LogP contribution in [0, 0.1) is 5.41 Å². The molecule has 1 aliphatic carbocycles. The van der Waals surface area contributed by atoms with Crippen molar-refractivity contribution in [2.45, 2.75) is 37.2 Å². The molecule has 2 aromatic heterocycles. The van der Waals surface area contributed by atoms with E-state index >= 15 is 0 Å². The van der Waals surface area contributed by atoms with Crippen molar-refractivity contribution in [1.82, 2.24) is 20.2 Å². The Kier molecular flexibility index (Phi) is 8.76. The first-order valence-electron chi connectivity index (χ1n) is 14.2. The Bertz CT molecular complexity index is 1700. The number of ether oxygens (including phenoxy) is 2. The van der Waals surface area contributed by atoms with Gasteiger partial charge in [0.2, 0.25) is 0 Å². The second-order valence-corrected chi connectivity index (χ2v) is 12.2. The maximum absolute atomic E-state index is 14.1. The lowest BCUT2D eigenvalue weighted by molar-refractivity contribution is 0.0121. The number of carbonyl (C=O) groups is 1. The number of benzene rings is 1. The number of aliphatic hydroxyl groups is 1. The Hall–Kier alpha value is -4.28. The van der Waals surface area contributed by atoms with Crippen molar-refractivity contribution in [3.63, 3.8) is 0 Å². The molecule has 0 fully saturated rings. The third-order valence-corrected chi connectivity index (χ3v) is 8.24. The molecular formula is C33H35ClFN5O4. The predicted molar refractivity (Wildman–Crippen MR) is 168 cm³/mol. The predicted octanol–water partition coefficient (Wildman–Crippen LogP) is 5.48. The number of nitrogens with one attached hydrogen (secondary N) is 2. The summed E-state index contributed by atoms with van der Waals surface area (Å²) in [5, 5.41) is 23.4. The van der Waals surface area contributed by atoms with Crippen LogP contribution in [0.3, 0.4) is 0 Å². The fourth-order valence-corrected chi connectivity index (χ4v) is 5.75. The number of aromatic nitrogens is 2. The van der Waals surface area contributed by atoms with Crippen LogP contribution in [0.25, 0.3) is 10.9 Å². The molecule has 1 amide bonds. The van der Waals surface area contributed by atoms with E-state index in [9.17, 15) is 14.3 Å². The highest BCUT2D eigenvalue weighted by Crippen LogP contribution is 2.46. The number of rotatable bonds is 10. The van der Waals surface area contributed by atoms with E-state index in [0.29, 0.717) is 40.6 Å². The summed E-state index contributed by atoms with van der Waals surface area (Å²) in [4.78, 5) is 24.5. The smallest absolute Gasteiger partial charge is 0.251 e. The largest absolute Gasteiger partial charge is 0.494 e. The van der Waals surface area contributed by atoms with Gasteiger partial charge in [0.15, 0.2) is 0 Å². The molecule has 5 rings (SSSR count). The molecule has 2 atom stereocenters. The molecule has 44 heavy (non-hydrogen) atoms. The fourth-order valence-electron chi connectivity index (χ4n) is 5.52. The highest BCUT2D eigenvalue weighted by atomic mass is 35.5. The van der Waals surface area contributed by atoms with E-state index in [2.05, 4.69) is 10.3 Å². The topological polar surface area (TPSA) is 121 Å². The molecule has 9 nitrogen and oxygen atoms in total. The SMILES string of the molecule is COc1cc(C(=O)NCC(O)(CN(C)C=CC=N)c2cc3c(c(C4C=CC(F)=C(Cl)C4)n2)OCC3(C)C)cc2cccnc12. The minimum absolute atomic E-state index is 0.0326. The summed E-state index contributed by atoms with van der Waals surface area (Å²) in [5.41, 5.74) is 0.608. The number of likely N-dealkylation sites (N-methyl/N-ethyl adjacent to an activating group) is 1. The maximum Gasteiger partial charge on any atom is 0.251 e. The number of nitrogens with zero attached hydrogens (tertiary/aromatic N) is 3. The summed E-state index contributed by atoms with van der Waals surface area (Å²) in [5.74, 6) is -0.232. The van der Waals surface area contributed by atoms with E-state index in [-0.39, 0.29) is 30.5 Å². The van der Waals surface area contributed by atoms with Gasteiger partial charge in [-0.3, -0.25) is 14.8 Å². The highest BCUT2D eigenvalue weighted by Gasteiger charge is 2.41. The van der Waals surface area contributed by atoms with Crippen molar-refractivity contribution in [3.8, 4) is 11.5 Å². The molecule has 1 aliphatic heterocycles. The van der Waals surface area contributed by atoms with E-state index in [4.69, 9.17) is 31.5 Å². The van der Waals surface area contributed by atoms with Gasteiger partial charge in [-0.05, 0) is 42.8 Å². The number of hydrogen-bond donors (Lipinski definition) is 3. The van der Waals surface area contributed by atoms with Gasteiger partial charge in [-0.1, -0.05) is 37.6 Å². The molecule has 2 aliphatic rings. The minimum atomic E-state index is -1.69. The van der Waals surface area contributed by atoms with Gasteiger partial charge in [-0.25, -0.2) is 4.39 Å². The summed E-state index contributed by atoms with van der Waals surface area (Å²) in [7, 11) is 3.27. The molecular weight excluding hydrogens is 585 g/mol. The van der Waals surface area contributed by atoms with Gasteiger partial charge in [0.05, 0.1) is 43.2 Å². The zero-order chi connectivity index (χ0) is 31.6. The lowest BCUT2D eigenvalue weighted by Gasteiger charge is -2.33. The van der Waals surface area contributed by atoms with Crippen LogP contribution in [-0.2, 0) is 11.0 Å². The van der Waals surface area contributed by atoms with E-state index < -0.39 is 22.8 Å². The molecule has 230 valence electrons. The lowest BCUT2D eigenvalue weighted by atomic mass is 9.83. The van der Waals surface area contributed by atoms with E-state index in [1.54, 1.807) is 48.6 Å². The van der Waals surface area contributed by atoms with Crippen LogP contribution >= 0.6 is 11.6 Å². The summed E-state index contributed by atoms with van der Waals surface area (Å²) < 4.78 is 25.7. The Morgan fingerprint density at radius 2 is 2.18 bits per heavy atom. The summed E-state index contributed by atoms with van der Waals surface area (Å²) in [6.07, 6.45) is 9.20. The lowest BCUT2D eigenvalue weighted by Crippen LogP contribution is -2.47. The van der Waals surface area contributed by atoms with Crippen molar-refractivity contribution in [1.29, 1.82) is 5.41 Å². The van der Waals surface area contributed by atoms with Gasteiger partial charge in [0.1, 0.15) is 28.4 Å². The zero-order valence-corrected chi connectivity index (χ0v) is 25.8. The van der Waals surface area contributed by atoms with E-state index in [1.165, 1.54) is 19.3 Å². The van der Waals surface area contributed by atoms with E-state index in [1.807, 2.05) is 26.0 Å². The highest BCUT2D eigenvalue weighted by molar-refractivity contribution is 6.30. The van der Waals surface area contributed by atoms with Crippen molar-refractivity contribution in [3.05, 3.63) is 94.3 Å². The second kappa shape index (κ2) is 12.4. The molecule has 0 bridgehead atoms. The summed E-state index contributed by atoms with van der Waals surface area (Å²) in [6, 6.07) is 8.77. The van der Waals surface area contributed by atoms with E-state index in [0.717, 1.165) is 17.2 Å². The van der Waals surface area contributed by atoms with Crippen LogP contribution in [-0.4, -0.2) is 66.0 Å². The number of hydrogen-bond acceptors (Lipinski definition) is 8. The van der Waals surface area contributed by atoms with Crippen molar-refractivity contribution < 1.29 is 23.8 Å². The van der Waals surface area contributed by atoms with Gasteiger partial charge >= 0.3 is 0 Å². The summed E-state index contributed by atoms with van der Waals surface area (Å²) >= 11 is 6.21. The number of pyridine rings is 2. The van der Waals surface area contributed by atoms with Gasteiger partial charge in [0, 0.05) is 53.5 Å². The number of fused-ring (bicyclic) bond motifs is 2. The fraction of sp³-hybridized carbons (Fsp3) is 0.333. The van der Waals surface area contributed by atoms with Crippen LogP contribution in [0.15, 0.2) is 71.8 Å².